The number of carbonyl (C=O) groups excluding carboxylic acids is 2. The van der Waals surface area contributed by atoms with Gasteiger partial charge in [0, 0.05) is 35.9 Å². The van der Waals surface area contributed by atoms with Crippen LogP contribution in [0.2, 0.25) is 0 Å². The number of carboxylic acid groups (broad SMARTS) is 1. The number of fused-ring (bicyclic) bond motifs is 1. The normalized spacial score (nSPS) is 17.7. The van der Waals surface area contributed by atoms with Crippen molar-refractivity contribution in [1.82, 2.24) is 5.32 Å². The van der Waals surface area contributed by atoms with E-state index in [9.17, 15) is 14.4 Å². The molecule has 2 atom stereocenters. The van der Waals surface area contributed by atoms with Gasteiger partial charge in [0.05, 0.1) is 12.5 Å². The molecule has 2 aromatic rings. The van der Waals surface area contributed by atoms with Gasteiger partial charge in [-0.25, -0.2) is 0 Å². The van der Waals surface area contributed by atoms with Crippen LogP contribution in [0.3, 0.4) is 0 Å². The van der Waals surface area contributed by atoms with Gasteiger partial charge in [0.2, 0.25) is 5.91 Å². The second-order valence-electron chi connectivity index (χ2n) is 7.43. The number of nitrogens with one attached hydrogen (secondary N) is 2. The quantitative estimate of drug-likeness (QED) is 0.649. The second kappa shape index (κ2) is 9.43. The maximum absolute atomic E-state index is 12.5. The molecular weight excluding hydrogens is 382 g/mol. The van der Waals surface area contributed by atoms with Crippen LogP contribution in [-0.2, 0) is 9.59 Å². The molecule has 3 rings (SSSR count). The molecule has 158 valence electrons. The molecule has 0 fully saturated rings. The van der Waals surface area contributed by atoms with Gasteiger partial charge in [0.1, 0.15) is 0 Å². The smallest absolute Gasteiger partial charge is 0.305 e. The number of hydrogen-bond acceptors (Lipinski definition) is 4. The van der Waals surface area contributed by atoms with Gasteiger partial charge in [-0.15, -0.1) is 0 Å². The van der Waals surface area contributed by atoms with Crippen molar-refractivity contribution in [2.45, 2.75) is 45.2 Å². The van der Waals surface area contributed by atoms with Crippen LogP contribution < -0.4 is 15.5 Å². The number of nitrogens with zero attached hydrogens (tertiary/aromatic N) is 1. The minimum Gasteiger partial charge on any atom is -0.481 e. The van der Waals surface area contributed by atoms with Crippen LogP contribution in [0.25, 0.3) is 0 Å². The zero-order valence-electron chi connectivity index (χ0n) is 17.2. The molecule has 30 heavy (non-hydrogen) atoms. The van der Waals surface area contributed by atoms with E-state index in [0.29, 0.717) is 12.0 Å². The zero-order valence-corrected chi connectivity index (χ0v) is 17.2. The molecular formula is C23H27N3O4. The lowest BCUT2D eigenvalue weighted by Crippen LogP contribution is -2.44. The van der Waals surface area contributed by atoms with Gasteiger partial charge in [-0.1, -0.05) is 25.1 Å². The van der Waals surface area contributed by atoms with Gasteiger partial charge < -0.3 is 20.6 Å². The molecule has 0 aliphatic carbocycles. The van der Waals surface area contributed by atoms with Gasteiger partial charge in [-0.2, -0.15) is 0 Å². The highest BCUT2D eigenvalue weighted by Gasteiger charge is 2.32. The van der Waals surface area contributed by atoms with Crippen LogP contribution in [0.15, 0.2) is 48.5 Å². The number of benzene rings is 2. The van der Waals surface area contributed by atoms with E-state index in [2.05, 4.69) is 17.6 Å². The molecule has 2 aromatic carbocycles. The van der Waals surface area contributed by atoms with Gasteiger partial charge in [-0.05, 0) is 49.2 Å². The van der Waals surface area contributed by atoms with Crippen molar-refractivity contribution < 1.29 is 19.5 Å². The predicted octanol–water partition coefficient (Wildman–Crippen LogP) is 3.58. The Kier molecular flexibility index (Phi) is 6.72. The third kappa shape index (κ3) is 4.79. The standard InChI is InChI=1S/C23H27N3O4/c1-3-21(27)26-15(2)14-19(18-6-4-5-7-20(18)26)25-17-10-8-16(9-11-17)23(30)24-13-12-22(28)29/h4-11,15,19,25H,3,12-14H2,1-2H3,(H,24,30)(H,28,29)/t15-,19+/m0/s1. The summed E-state index contributed by atoms with van der Waals surface area (Å²) in [5.74, 6) is -1.13. The average Bonchev–Trinajstić information content (AvgIpc) is 2.73. The number of amides is 2. The summed E-state index contributed by atoms with van der Waals surface area (Å²) in [6.45, 7) is 4.03. The molecule has 0 aromatic heterocycles. The Morgan fingerprint density at radius 3 is 2.47 bits per heavy atom. The fourth-order valence-electron chi connectivity index (χ4n) is 3.80. The third-order valence-corrected chi connectivity index (χ3v) is 5.27. The van der Waals surface area contributed by atoms with E-state index in [1.54, 1.807) is 12.1 Å². The first-order chi connectivity index (χ1) is 14.4. The summed E-state index contributed by atoms with van der Waals surface area (Å²) in [4.78, 5) is 37.0. The molecule has 0 radical (unpaired) electrons. The Balaban J connectivity index is 1.72. The highest BCUT2D eigenvalue weighted by Crippen LogP contribution is 2.39. The number of hydrogen-bond donors (Lipinski definition) is 3. The Labute approximate surface area is 176 Å². The first-order valence-corrected chi connectivity index (χ1v) is 10.2. The highest BCUT2D eigenvalue weighted by molar-refractivity contribution is 5.96. The number of rotatable bonds is 7. The fourth-order valence-corrected chi connectivity index (χ4v) is 3.80. The van der Waals surface area contributed by atoms with E-state index in [4.69, 9.17) is 5.11 Å². The largest absolute Gasteiger partial charge is 0.481 e. The number of aliphatic carboxylic acids is 1. The monoisotopic (exact) mass is 409 g/mol. The van der Waals surface area contributed by atoms with Crippen molar-refractivity contribution in [3.8, 4) is 0 Å². The molecule has 3 N–H and O–H groups in total. The summed E-state index contributed by atoms with van der Waals surface area (Å²) in [5, 5.41) is 14.8. The Morgan fingerprint density at radius 2 is 1.80 bits per heavy atom. The number of para-hydroxylation sites is 1. The summed E-state index contributed by atoms with van der Waals surface area (Å²) in [5.41, 5.74) is 3.37. The van der Waals surface area contributed by atoms with Crippen LogP contribution in [0, 0.1) is 0 Å². The maximum atomic E-state index is 12.5. The molecule has 1 aliphatic heterocycles. The molecule has 0 saturated heterocycles. The zero-order chi connectivity index (χ0) is 21.7. The van der Waals surface area contributed by atoms with Gasteiger partial charge >= 0.3 is 5.97 Å². The lowest BCUT2D eigenvalue weighted by Gasteiger charge is -2.40. The van der Waals surface area contributed by atoms with E-state index in [1.165, 1.54) is 0 Å². The highest BCUT2D eigenvalue weighted by atomic mass is 16.4. The summed E-state index contributed by atoms with van der Waals surface area (Å²) >= 11 is 0. The van der Waals surface area contributed by atoms with Crippen molar-refractivity contribution in [2.24, 2.45) is 0 Å². The van der Waals surface area contributed by atoms with Crippen molar-refractivity contribution in [3.63, 3.8) is 0 Å². The molecule has 0 bridgehead atoms. The van der Waals surface area contributed by atoms with Crippen LogP contribution in [0.4, 0.5) is 11.4 Å². The molecule has 0 unspecified atom stereocenters. The van der Waals surface area contributed by atoms with E-state index in [0.717, 1.165) is 23.4 Å². The van der Waals surface area contributed by atoms with E-state index in [-0.39, 0.29) is 36.9 Å². The first kappa shape index (κ1) is 21.4. The Hall–Kier alpha value is -3.35. The van der Waals surface area contributed by atoms with Crippen molar-refractivity contribution in [1.29, 1.82) is 0 Å². The molecule has 7 heteroatoms. The van der Waals surface area contributed by atoms with Crippen LogP contribution in [0.1, 0.15) is 55.1 Å². The predicted molar refractivity (Wildman–Crippen MR) is 116 cm³/mol. The molecule has 7 nitrogen and oxygen atoms in total. The van der Waals surface area contributed by atoms with Crippen LogP contribution >= 0.6 is 0 Å². The Morgan fingerprint density at radius 1 is 1.10 bits per heavy atom. The lowest BCUT2D eigenvalue weighted by molar-refractivity contribution is -0.136. The molecule has 0 spiro atoms. The minimum absolute atomic E-state index is 0.0485. The second-order valence-corrected chi connectivity index (χ2v) is 7.43. The third-order valence-electron chi connectivity index (χ3n) is 5.27. The van der Waals surface area contributed by atoms with Gasteiger partial charge in [0.25, 0.3) is 5.91 Å². The molecule has 2 amide bonds. The van der Waals surface area contributed by atoms with Crippen molar-refractivity contribution in [3.05, 3.63) is 59.7 Å². The average molecular weight is 409 g/mol. The summed E-state index contributed by atoms with van der Waals surface area (Å²) in [6.07, 6.45) is 1.13. The minimum atomic E-state index is -0.948. The number of carbonyl (C=O) groups is 3. The van der Waals surface area contributed by atoms with Crippen molar-refractivity contribution >= 4 is 29.2 Å². The fraction of sp³-hybridized carbons (Fsp3) is 0.348. The maximum Gasteiger partial charge on any atom is 0.305 e. The summed E-state index contributed by atoms with van der Waals surface area (Å²) < 4.78 is 0. The summed E-state index contributed by atoms with van der Waals surface area (Å²) in [7, 11) is 0. The van der Waals surface area contributed by atoms with E-state index in [1.807, 2.05) is 48.2 Å². The van der Waals surface area contributed by atoms with E-state index < -0.39 is 5.97 Å². The van der Waals surface area contributed by atoms with Gasteiger partial charge in [-0.3, -0.25) is 14.4 Å². The molecule has 0 saturated carbocycles. The van der Waals surface area contributed by atoms with E-state index >= 15 is 0 Å². The number of anilines is 2. The summed E-state index contributed by atoms with van der Waals surface area (Å²) in [6, 6.07) is 15.2. The number of carboxylic acids is 1. The lowest BCUT2D eigenvalue weighted by atomic mass is 9.91. The first-order valence-electron chi connectivity index (χ1n) is 10.2. The topological polar surface area (TPSA) is 98.7 Å². The van der Waals surface area contributed by atoms with Crippen LogP contribution in [0.5, 0.6) is 0 Å². The Bertz CT molecular complexity index is 926. The SMILES string of the molecule is CCC(=O)N1c2ccccc2[C@H](Nc2ccc(C(=O)NCCC(=O)O)cc2)C[C@@H]1C. The molecule has 1 heterocycles. The van der Waals surface area contributed by atoms with Gasteiger partial charge in [0.15, 0.2) is 0 Å². The van der Waals surface area contributed by atoms with Crippen molar-refractivity contribution in [2.75, 3.05) is 16.8 Å². The van der Waals surface area contributed by atoms with Crippen LogP contribution in [-0.4, -0.2) is 35.5 Å². The molecule has 1 aliphatic rings.